The van der Waals surface area contributed by atoms with Gasteiger partial charge in [-0.1, -0.05) is 64.5 Å². The molecule has 0 N–H and O–H groups in total. The largest absolute Gasteiger partial charge is 0.496 e. The number of nitrogens with zero attached hydrogens (tertiary/aromatic N) is 1. The summed E-state index contributed by atoms with van der Waals surface area (Å²) >= 11 is 3.58. The molecule has 104 valence electrons. The lowest BCUT2D eigenvalue weighted by Gasteiger charge is -2.11. The van der Waals surface area contributed by atoms with Gasteiger partial charge in [-0.25, -0.2) is 0 Å². The SMILES string of the molecule is COc1cc(-c2ccccc2)ncc1-c1ccccc1Br. The van der Waals surface area contributed by atoms with Gasteiger partial charge in [-0.15, -0.1) is 0 Å². The van der Waals surface area contributed by atoms with Crippen LogP contribution in [0.5, 0.6) is 5.75 Å². The number of aromatic nitrogens is 1. The average molecular weight is 340 g/mol. The molecule has 0 bridgehead atoms. The summed E-state index contributed by atoms with van der Waals surface area (Å²) in [6.45, 7) is 0. The van der Waals surface area contributed by atoms with Crippen LogP contribution >= 0.6 is 15.9 Å². The van der Waals surface area contributed by atoms with Crippen LogP contribution in [0.2, 0.25) is 0 Å². The van der Waals surface area contributed by atoms with Gasteiger partial charge in [-0.05, 0) is 6.07 Å². The van der Waals surface area contributed by atoms with Crippen molar-refractivity contribution in [1.29, 1.82) is 0 Å². The Morgan fingerprint density at radius 2 is 1.62 bits per heavy atom. The van der Waals surface area contributed by atoms with Gasteiger partial charge in [0, 0.05) is 33.4 Å². The number of hydrogen-bond donors (Lipinski definition) is 0. The fourth-order valence-corrected chi connectivity index (χ4v) is 2.75. The van der Waals surface area contributed by atoms with E-state index >= 15 is 0 Å². The van der Waals surface area contributed by atoms with E-state index in [0.717, 1.165) is 32.6 Å². The number of pyridine rings is 1. The van der Waals surface area contributed by atoms with Crippen LogP contribution in [0.1, 0.15) is 0 Å². The van der Waals surface area contributed by atoms with Crippen molar-refractivity contribution < 1.29 is 4.74 Å². The first-order valence-corrected chi connectivity index (χ1v) is 7.43. The maximum Gasteiger partial charge on any atom is 0.130 e. The van der Waals surface area contributed by atoms with Crippen LogP contribution in [-0.2, 0) is 0 Å². The van der Waals surface area contributed by atoms with Crippen LogP contribution in [0.4, 0.5) is 0 Å². The molecular weight excluding hydrogens is 326 g/mol. The second-order valence-electron chi connectivity index (χ2n) is 4.62. The molecule has 0 aliphatic heterocycles. The molecule has 0 fully saturated rings. The van der Waals surface area contributed by atoms with Crippen LogP contribution in [0.25, 0.3) is 22.4 Å². The van der Waals surface area contributed by atoms with E-state index in [0.29, 0.717) is 0 Å². The lowest BCUT2D eigenvalue weighted by Crippen LogP contribution is -1.92. The average Bonchev–Trinajstić information content (AvgIpc) is 2.56. The molecule has 0 saturated carbocycles. The molecule has 0 unspecified atom stereocenters. The highest BCUT2D eigenvalue weighted by atomic mass is 79.9. The fraction of sp³-hybridized carbons (Fsp3) is 0.0556. The number of rotatable bonds is 3. The number of hydrogen-bond acceptors (Lipinski definition) is 2. The Labute approximate surface area is 132 Å². The summed E-state index contributed by atoms with van der Waals surface area (Å²) in [5, 5.41) is 0. The number of methoxy groups -OCH3 is 1. The van der Waals surface area contributed by atoms with Crippen molar-refractivity contribution in [2.24, 2.45) is 0 Å². The maximum atomic E-state index is 5.56. The highest BCUT2D eigenvalue weighted by Crippen LogP contribution is 2.36. The normalized spacial score (nSPS) is 10.4. The van der Waals surface area contributed by atoms with Crippen LogP contribution in [0.3, 0.4) is 0 Å². The van der Waals surface area contributed by atoms with Gasteiger partial charge in [0.2, 0.25) is 0 Å². The van der Waals surface area contributed by atoms with Gasteiger partial charge in [0.05, 0.1) is 12.8 Å². The molecule has 2 aromatic carbocycles. The molecule has 0 amide bonds. The van der Waals surface area contributed by atoms with Gasteiger partial charge < -0.3 is 4.74 Å². The third-order valence-corrected chi connectivity index (χ3v) is 4.01. The Kier molecular flexibility index (Phi) is 4.02. The molecule has 3 aromatic rings. The van der Waals surface area contributed by atoms with Gasteiger partial charge in [0.25, 0.3) is 0 Å². The predicted molar refractivity (Wildman–Crippen MR) is 89.4 cm³/mol. The van der Waals surface area contributed by atoms with E-state index in [1.54, 1.807) is 7.11 Å². The first-order valence-electron chi connectivity index (χ1n) is 6.64. The molecular formula is C18H14BrNO. The third kappa shape index (κ3) is 2.83. The minimum Gasteiger partial charge on any atom is -0.496 e. The zero-order chi connectivity index (χ0) is 14.7. The van der Waals surface area contributed by atoms with E-state index in [4.69, 9.17) is 4.74 Å². The molecule has 0 saturated heterocycles. The summed E-state index contributed by atoms with van der Waals surface area (Å²) in [4.78, 5) is 4.57. The van der Waals surface area contributed by atoms with Crippen molar-refractivity contribution >= 4 is 15.9 Å². The summed E-state index contributed by atoms with van der Waals surface area (Å²) in [6.07, 6.45) is 1.86. The molecule has 0 aliphatic carbocycles. The summed E-state index contributed by atoms with van der Waals surface area (Å²) in [6, 6.07) is 20.1. The van der Waals surface area contributed by atoms with E-state index in [2.05, 4.69) is 20.9 Å². The monoisotopic (exact) mass is 339 g/mol. The zero-order valence-electron chi connectivity index (χ0n) is 11.6. The Bertz CT molecular complexity index is 756. The lowest BCUT2D eigenvalue weighted by molar-refractivity contribution is 0.416. The van der Waals surface area contributed by atoms with E-state index in [1.807, 2.05) is 66.9 Å². The fourth-order valence-electron chi connectivity index (χ4n) is 2.25. The number of halogens is 1. The summed E-state index contributed by atoms with van der Waals surface area (Å²) in [5.41, 5.74) is 4.03. The van der Waals surface area contributed by atoms with E-state index < -0.39 is 0 Å². The molecule has 1 heterocycles. The van der Waals surface area contributed by atoms with Crippen molar-refractivity contribution in [2.45, 2.75) is 0 Å². The Morgan fingerprint density at radius 3 is 2.33 bits per heavy atom. The first-order chi connectivity index (χ1) is 10.3. The summed E-state index contributed by atoms with van der Waals surface area (Å²) in [5.74, 6) is 0.816. The first kappa shape index (κ1) is 13.8. The Morgan fingerprint density at radius 1 is 0.905 bits per heavy atom. The van der Waals surface area contributed by atoms with Crippen molar-refractivity contribution in [2.75, 3.05) is 7.11 Å². The minimum absolute atomic E-state index is 0.816. The lowest BCUT2D eigenvalue weighted by atomic mass is 10.0. The summed E-state index contributed by atoms with van der Waals surface area (Å²) < 4.78 is 6.58. The second kappa shape index (κ2) is 6.10. The summed E-state index contributed by atoms with van der Waals surface area (Å²) in [7, 11) is 1.68. The van der Waals surface area contributed by atoms with Crippen molar-refractivity contribution in [3.8, 4) is 28.1 Å². The van der Waals surface area contributed by atoms with E-state index in [-0.39, 0.29) is 0 Å². The van der Waals surface area contributed by atoms with Crippen LogP contribution in [0.15, 0.2) is 71.3 Å². The van der Waals surface area contributed by atoms with Crippen molar-refractivity contribution in [3.05, 3.63) is 71.3 Å². The molecule has 1 aromatic heterocycles. The minimum atomic E-state index is 0.816. The molecule has 3 heteroatoms. The molecule has 2 nitrogen and oxygen atoms in total. The van der Waals surface area contributed by atoms with Gasteiger partial charge in [-0.2, -0.15) is 0 Å². The molecule has 0 atom stereocenters. The predicted octanol–water partition coefficient (Wildman–Crippen LogP) is 5.19. The van der Waals surface area contributed by atoms with E-state index in [1.165, 1.54) is 0 Å². The smallest absolute Gasteiger partial charge is 0.130 e. The quantitative estimate of drug-likeness (QED) is 0.655. The highest BCUT2D eigenvalue weighted by Gasteiger charge is 2.11. The maximum absolute atomic E-state index is 5.56. The Balaban J connectivity index is 2.11. The second-order valence-corrected chi connectivity index (χ2v) is 5.47. The molecule has 0 radical (unpaired) electrons. The molecule has 21 heavy (non-hydrogen) atoms. The third-order valence-electron chi connectivity index (χ3n) is 3.32. The highest BCUT2D eigenvalue weighted by molar-refractivity contribution is 9.10. The molecule has 0 spiro atoms. The van der Waals surface area contributed by atoms with Gasteiger partial charge in [0.15, 0.2) is 0 Å². The standard InChI is InChI=1S/C18H14BrNO/c1-21-18-11-17(13-7-3-2-4-8-13)20-12-15(18)14-9-5-6-10-16(14)19/h2-12H,1H3. The molecule has 3 rings (SSSR count). The van der Waals surface area contributed by atoms with Gasteiger partial charge in [0.1, 0.15) is 5.75 Å². The van der Waals surface area contributed by atoms with Gasteiger partial charge >= 0.3 is 0 Å². The van der Waals surface area contributed by atoms with Crippen LogP contribution in [-0.4, -0.2) is 12.1 Å². The topological polar surface area (TPSA) is 22.1 Å². The van der Waals surface area contributed by atoms with Crippen LogP contribution < -0.4 is 4.74 Å². The Hall–Kier alpha value is -2.13. The van der Waals surface area contributed by atoms with Crippen molar-refractivity contribution in [3.63, 3.8) is 0 Å². The molecule has 0 aliphatic rings. The van der Waals surface area contributed by atoms with Gasteiger partial charge in [-0.3, -0.25) is 4.98 Å². The number of ether oxygens (including phenoxy) is 1. The number of benzene rings is 2. The van der Waals surface area contributed by atoms with Crippen molar-refractivity contribution in [1.82, 2.24) is 4.98 Å². The van der Waals surface area contributed by atoms with Crippen LogP contribution in [0, 0.1) is 0 Å². The van der Waals surface area contributed by atoms with E-state index in [9.17, 15) is 0 Å². The zero-order valence-corrected chi connectivity index (χ0v) is 13.2.